The predicted molar refractivity (Wildman–Crippen MR) is 144 cm³/mol. The summed E-state index contributed by atoms with van der Waals surface area (Å²) in [6, 6.07) is 0. The highest BCUT2D eigenvalue weighted by atomic mass is 35.5. The number of halogens is 1. The number of benzene rings is 1. The number of phenolic OH excluding ortho intramolecular Hbond substituents is 1. The highest BCUT2D eigenvalue weighted by Gasteiger charge is 2.40. The number of hydrogen-bond acceptors (Lipinski definition) is 7. The van der Waals surface area contributed by atoms with E-state index in [4.69, 9.17) is 30.5 Å². The monoisotopic (exact) mass is 536 g/mol. The Morgan fingerprint density at radius 2 is 1.81 bits per heavy atom. The second-order valence-corrected chi connectivity index (χ2v) is 10.2. The second-order valence-electron chi connectivity index (χ2n) is 9.83. The second kappa shape index (κ2) is 13.6. The summed E-state index contributed by atoms with van der Waals surface area (Å²) in [6.45, 7) is 15.1. The fourth-order valence-corrected chi connectivity index (χ4v) is 4.54. The van der Waals surface area contributed by atoms with Crippen molar-refractivity contribution >= 4 is 23.4 Å². The molecule has 1 aliphatic rings. The molecule has 0 spiro atoms. The zero-order valence-electron chi connectivity index (χ0n) is 23.3. The molecule has 0 amide bonds. The first-order valence-corrected chi connectivity index (χ1v) is 13.2. The van der Waals surface area contributed by atoms with Crippen LogP contribution in [-0.4, -0.2) is 41.8 Å². The van der Waals surface area contributed by atoms with E-state index in [0.717, 1.165) is 24.0 Å². The first kappa shape index (κ1) is 31.0. The predicted octanol–water partition coefficient (Wildman–Crippen LogP) is 6.70. The smallest absolute Gasteiger partial charge is 0.308 e. The molecule has 0 bridgehead atoms. The van der Waals surface area contributed by atoms with Crippen LogP contribution in [0.15, 0.2) is 23.3 Å². The Kier molecular flexibility index (Phi) is 11.4. The summed E-state index contributed by atoms with van der Waals surface area (Å²) in [6.07, 6.45) is 5.38. The zero-order valence-corrected chi connectivity index (χ0v) is 24.1. The van der Waals surface area contributed by atoms with Crippen LogP contribution in [0.25, 0.3) is 0 Å². The largest absolute Gasteiger partial charge is 0.507 e. The molecule has 0 radical (unpaired) electrons. The number of Topliss-reactive ketones (excluding diaryl/α,β-unsaturated/α-hetero) is 1. The number of ether oxygens (including phenoxy) is 4. The maximum atomic E-state index is 12.1. The van der Waals surface area contributed by atoms with E-state index in [9.17, 15) is 14.7 Å². The van der Waals surface area contributed by atoms with Crippen LogP contribution in [-0.2, 0) is 30.2 Å². The number of esters is 1. The molecule has 1 fully saturated rings. The van der Waals surface area contributed by atoms with Gasteiger partial charge in [0.2, 0.25) is 0 Å². The third-order valence-electron chi connectivity index (χ3n) is 6.51. The third kappa shape index (κ3) is 7.90. The summed E-state index contributed by atoms with van der Waals surface area (Å²) >= 11 is 6.63. The lowest BCUT2D eigenvalue weighted by molar-refractivity contribution is -0.141. The van der Waals surface area contributed by atoms with E-state index < -0.39 is 17.9 Å². The molecule has 8 heteroatoms. The minimum absolute atomic E-state index is 0.0597. The van der Waals surface area contributed by atoms with Crippen LogP contribution in [0.4, 0.5) is 0 Å². The molecular weight excluding hydrogens is 496 g/mol. The quantitative estimate of drug-likeness (QED) is 0.137. The zero-order chi connectivity index (χ0) is 27.9. The van der Waals surface area contributed by atoms with Crippen molar-refractivity contribution in [1.29, 1.82) is 0 Å². The molecule has 1 saturated heterocycles. The molecule has 1 heterocycles. The van der Waals surface area contributed by atoms with Gasteiger partial charge in [0.05, 0.1) is 16.7 Å². The van der Waals surface area contributed by atoms with Gasteiger partial charge in [0.1, 0.15) is 11.4 Å². The number of rotatable bonds is 12. The van der Waals surface area contributed by atoms with E-state index >= 15 is 0 Å². The molecule has 7 nitrogen and oxygen atoms in total. The number of ketones is 1. The molecule has 1 aromatic carbocycles. The van der Waals surface area contributed by atoms with Crippen molar-refractivity contribution in [3.63, 3.8) is 0 Å². The summed E-state index contributed by atoms with van der Waals surface area (Å²) in [5, 5.41) is 11.5. The van der Waals surface area contributed by atoms with Crippen LogP contribution in [0.2, 0.25) is 5.02 Å². The number of phenols is 1. The molecule has 1 aromatic rings. The summed E-state index contributed by atoms with van der Waals surface area (Å²) < 4.78 is 22.8. The number of carbonyl (C=O) groups is 2. The molecule has 2 rings (SSSR count). The van der Waals surface area contributed by atoms with Gasteiger partial charge in [-0.2, -0.15) is 0 Å². The fraction of sp³-hybridized carbons (Fsp3) is 0.586. The average Bonchev–Trinajstić information content (AvgIpc) is 3.09. The van der Waals surface area contributed by atoms with Gasteiger partial charge < -0.3 is 24.1 Å². The highest BCUT2D eigenvalue weighted by molar-refractivity contribution is 6.33. The molecule has 1 aliphatic heterocycles. The standard InChI is InChI=1S/C29H41ClO7/c1-9-34-28(35-10-2)24-19(5)25(30)27(36-20(6)31)21(26(24)33)15-14-17(3)12-11-13-18(4)22-16-23(32)29(7,8)37-22/h13-14,22,28,33H,9-12,15-16H2,1-8H3/b17-14+,18-13+/t22-/m0/s1. The summed E-state index contributed by atoms with van der Waals surface area (Å²) in [5.41, 5.74) is 2.77. The van der Waals surface area contributed by atoms with Crippen molar-refractivity contribution in [3.05, 3.63) is 45.0 Å². The van der Waals surface area contributed by atoms with Crippen molar-refractivity contribution in [3.8, 4) is 11.5 Å². The van der Waals surface area contributed by atoms with Crippen LogP contribution in [0, 0.1) is 6.92 Å². The van der Waals surface area contributed by atoms with Gasteiger partial charge in [0.25, 0.3) is 0 Å². The fourth-order valence-electron chi connectivity index (χ4n) is 4.28. The van der Waals surface area contributed by atoms with Gasteiger partial charge in [0, 0.05) is 32.1 Å². The lowest BCUT2D eigenvalue weighted by Gasteiger charge is -2.24. The number of hydrogen-bond donors (Lipinski definition) is 1. The van der Waals surface area contributed by atoms with Crippen LogP contribution < -0.4 is 4.74 Å². The van der Waals surface area contributed by atoms with Crippen LogP contribution >= 0.6 is 11.6 Å². The van der Waals surface area contributed by atoms with E-state index in [0.29, 0.717) is 42.7 Å². The normalized spacial score (nSPS) is 18.1. The summed E-state index contributed by atoms with van der Waals surface area (Å²) in [4.78, 5) is 23.9. The summed E-state index contributed by atoms with van der Waals surface area (Å²) in [5.74, 6) is -0.324. The first-order valence-electron chi connectivity index (χ1n) is 12.8. The van der Waals surface area contributed by atoms with Gasteiger partial charge >= 0.3 is 5.97 Å². The molecule has 1 N–H and O–H groups in total. The Bertz CT molecular complexity index is 1050. The van der Waals surface area contributed by atoms with Crippen molar-refractivity contribution in [2.24, 2.45) is 0 Å². The van der Waals surface area contributed by atoms with Crippen LogP contribution in [0.5, 0.6) is 11.5 Å². The number of carbonyl (C=O) groups excluding carboxylic acids is 2. The van der Waals surface area contributed by atoms with Crippen LogP contribution in [0.3, 0.4) is 0 Å². The molecule has 0 aromatic heterocycles. The minimum atomic E-state index is -0.800. The summed E-state index contributed by atoms with van der Waals surface area (Å²) in [7, 11) is 0. The molecule has 37 heavy (non-hydrogen) atoms. The van der Waals surface area contributed by atoms with Crippen molar-refractivity contribution in [2.45, 2.75) is 99.1 Å². The molecule has 0 aliphatic carbocycles. The van der Waals surface area contributed by atoms with Gasteiger partial charge in [-0.15, -0.1) is 0 Å². The van der Waals surface area contributed by atoms with Crippen LogP contribution in [0.1, 0.15) is 90.7 Å². The van der Waals surface area contributed by atoms with E-state index in [1.165, 1.54) is 6.92 Å². The van der Waals surface area contributed by atoms with Gasteiger partial charge in [-0.25, -0.2) is 0 Å². The lowest BCUT2D eigenvalue weighted by atomic mass is 9.97. The maximum absolute atomic E-state index is 12.1. The Hall–Kier alpha value is -2.19. The molecule has 0 unspecified atom stereocenters. The molecule has 1 atom stereocenters. The molecule has 0 saturated carbocycles. The molecule has 206 valence electrons. The topological polar surface area (TPSA) is 91.3 Å². The van der Waals surface area contributed by atoms with E-state index in [1.807, 2.05) is 47.6 Å². The maximum Gasteiger partial charge on any atom is 0.308 e. The lowest BCUT2D eigenvalue weighted by Crippen LogP contribution is -2.27. The Morgan fingerprint density at radius 3 is 2.32 bits per heavy atom. The Balaban J connectivity index is 2.28. The van der Waals surface area contributed by atoms with Crippen molar-refractivity contribution < 1.29 is 33.6 Å². The van der Waals surface area contributed by atoms with Gasteiger partial charge in [-0.05, 0) is 78.9 Å². The Morgan fingerprint density at radius 1 is 1.19 bits per heavy atom. The Labute approximate surface area is 225 Å². The first-order chi connectivity index (χ1) is 17.3. The van der Waals surface area contributed by atoms with Crippen molar-refractivity contribution in [2.75, 3.05) is 13.2 Å². The van der Waals surface area contributed by atoms with E-state index in [-0.39, 0.29) is 28.4 Å². The number of aromatic hydroxyl groups is 1. The molecular formula is C29H41ClO7. The van der Waals surface area contributed by atoms with E-state index in [2.05, 4.69) is 6.08 Å². The van der Waals surface area contributed by atoms with Gasteiger partial charge in [-0.3, -0.25) is 9.59 Å². The SMILES string of the molecule is CCOC(OCC)c1c(C)c(Cl)c(OC(C)=O)c(C/C=C(\C)CC/C=C(\C)[C@@H]2CC(=O)C(C)(C)O2)c1O. The minimum Gasteiger partial charge on any atom is -0.507 e. The average molecular weight is 537 g/mol. The van der Waals surface area contributed by atoms with Gasteiger partial charge in [-0.1, -0.05) is 29.3 Å². The van der Waals surface area contributed by atoms with Gasteiger partial charge in [0.15, 0.2) is 17.8 Å². The highest BCUT2D eigenvalue weighted by Crippen LogP contribution is 2.45. The van der Waals surface area contributed by atoms with Crippen molar-refractivity contribution in [1.82, 2.24) is 0 Å². The van der Waals surface area contributed by atoms with E-state index in [1.54, 1.807) is 6.92 Å². The number of allylic oxidation sites excluding steroid dienone is 3. The third-order valence-corrected chi connectivity index (χ3v) is 6.97.